The van der Waals surface area contributed by atoms with E-state index in [2.05, 4.69) is 12.2 Å². The molecule has 0 saturated carbocycles. The van der Waals surface area contributed by atoms with Crippen LogP contribution in [0.15, 0.2) is 0 Å². The zero-order valence-corrected chi connectivity index (χ0v) is 16.0. The second kappa shape index (κ2) is 21.4. The minimum Gasteiger partial charge on any atom is -0.379 e. The van der Waals surface area contributed by atoms with Gasteiger partial charge in [0, 0.05) is 19.1 Å². The zero-order chi connectivity index (χ0) is 17.8. The molecule has 0 rings (SSSR count). The van der Waals surface area contributed by atoms with E-state index >= 15 is 0 Å². The van der Waals surface area contributed by atoms with Crippen molar-refractivity contribution in [2.75, 3.05) is 46.2 Å². The summed E-state index contributed by atoms with van der Waals surface area (Å²) in [6.45, 7) is 14.4. The van der Waals surface area contributed by atoms with E-state index in [-0.39, 0.29) is 11.8 Å². The molecule has 0 fully saturated rings. The summed E-state index contributed by atoms with van der Waals surface area (Å²) in [5, 5.41) is 2.84. The van der Waals surface area contributed by atoms with Crippen molar-refractivity contribution < 1.29 is 19.0 Å². The van der Waals surface area contributed by atoms with Gasteiger partial charge in [-0.1, -0.05) is 47.5 Å². The first kappa shape index (κ1) is 24.6. The van der Waals surface area contributed by atoms with Crippen LogP contribution >= 0.6 is 0 Å². The first-order valence-corrected chi connectivity index (χ1v) is 9.23. The van der Waals surface area contributed by atoms with Gasteiger partial charge in [0.2, 0.25) is 5.91 Å². The standard InChI is InChI=1S/C16H33NO4.C2H6/c1-4-6-7-9-19-11-13-21-14-12-20-10-8-17-16(18)15(3)5-2;1-2/h15H,4-14H2,1-3H3,(H,17,18);1-2H3. The summed E-state index contributed by atoms with van der Waals surface area (Å²) in [6.07, 6.45) is 4.43. The van der Waals surface area contributed by atoms with Crippen molar-refractivity contribution in [3.63, 3.8) is 0 Å². The fraction of sp³-hybridized carbons (Fsp3) is 0.944. The Balaban J connectivity index is 0. The monoisotopic (exact) mass is 333 g/mol. The van der Waals surface area contributed by atoms with Crippen LogP contribution in [0.2, 0.25) is 0 Å². The summed E-state index contributed by atoms with van der Waals surface area (Å²) in [5.74, 6) is 0.170. The van der Waals surface area contributed by atoms with E-state index in [1.165, 1.54) is 12.8 Å². The van der Waals surface area contributed by atoms with E-state index in [0.717, 1.165) is 19.4 Å². The minimum absolute atomic E-state index is 0.0747. The van der Waals surface area contributed by atoms with Gasteiger partial charge in [0.05, 0.1) is 33.0 Å². The maximum Gasteiger partial charge on any atom is 0.222 e. The van der Waals surface area contributed by atoms with Gasteiger partial charge in [0.1, 0.15) is 0 Å². The molecule has 0 spiro atoms. The lowest BCUT2D eigenvalue weighted by molar-refractivity contribution is -0.124. The Bertz CT molecular complexity index is 237. The zero-order valence-electron chi connectivity index (χ0n) is 16.0. The molecule has 0 aromatic heterocycles. The molecule has 0 aromatic carbocycles. The second-order valence-corrected chi connectivity index (χ2v) is 5.14. The first-order valence-electron chi connectivity index (χ1n) is 9.23. The fourth-order valence-corrected chi connectivity index (χ4v) is 1.60. The molecule has 0 heterocycles. The SMILES string of the molecule is CC.CCCCCOCCOCCOCCNC(=O)C(C)CC. The van der Waals surface area contributed by atoms with Crippen molar-refractivity contribution in [3.8, 4) is 0 Å². The van der Waals surface area contributed by atoms with Crippen LogP contribution in [0.1, 0.15) is 60.3 Å². The van der Waals surface area contributed by atoms with Gasteiger partial charge < -0.3 is 19.5 Å². The Kier molecular flexibility index (Phi) is 22.8. The average Bonchev–Trinajstić information content (AvgIpc) is 2.59. The van der Waals surface area contributed by atoms with Gasteiger partial charge in [-0.25, -0.2) is 0 Å². The van der Waals surface area contributed by atoms with Crippen LogP contribution in [-0.2, 0) is 19.0 Å². The van der Waals surface area contributed by atoms with Crippen molar-refractivity contribution >= 4 is 5.91 Å². The lowest BCUT2D eigenvalue weighted by Gasteiger charge is -2.10. The van der Waals surface area contributed by atoms with Crippen LogP contribution in [0.5, 0.6) is 0 Å². The third-order valence-corrected chi connectivity index (χ3v) is 3.24. The lowest BCUT2D eigenvalue weighted by Crippen LogP contribution is -2.31. The van der Waals surface area contributed by atoms with Gasteiger partial charge in [0.25, 0.3) is 0 Å². The molecule has 0 aliphatic heterocycles. The van der Waals surface area contributed by atoms with Crippen molar-refractivity contribution in [2.45, 2.75) is 60.3 Å². The molecule has 5 heteroatoms. The number of hydrogen-bond donors (Lipinski definition) is 1. The molecule has 140 valence electrons. The maximum absolute atomic E-state index is 11.5. The van der Waals surface area contributed by atoms with E-state index in [1.54, 1.807) is 0 Å². The molecule has 0 aliphatic rings. The average molecular weight is 334 g/mol. The lowest BCUT2D eigenvalue weighted by atomic mass is 10.1. The van der Waals surface area contributed by atoms with Gasteiger partial charge >= 0.3 is 0 Å². The summed E-state index contributed by atoms with van der Waals surface area (Å²) in [6, 6.07) is 0. The van der Waals surface area contributed by atoms with E-state index in [1.807, 2.05) is 27.7 Å². The van der Waals surface area contributed by atoms with Crippen molar-refractivity contribution in [2.24, 2.45) is 5.92 Å². The molecular formula is C18H39NO4. The number of ether oxygens (including phenoxy) is 3. The minimum atomic E-state index is 0.0747. The van der Waals surface area contributed by atoms with Gasteiger partial charge in [-0.15, -0.1) is 0 Å². The van der Waals surface area contributed by atoms with E-state index in [4.69, 9.17) is 14.2 Å². The quantitative estimate of drug-likeness (QED) is 0.467. The van der Waals surface area contributed by atoms with Crippen LogP contribution < -0.4 is 5.32 Å². The van der Waals surface area contributed by atoms with Crippen LogP contribution in [-0.4, -0.2) is 52.1 Å². The molecule has 0 radical (unpaired) electrons. The van der Waals surface area contributed by atoms with Crippen LogP contribution in [0.4, 0.5) is 0 Å². The highest BCUT2D eigenvalue weighted by atomic mass is 16.5. The summed E-state index contributed by atoms with van der Waals surface area (Å²) in [4.78, 5) is 11.5. The smallest absolute Gasteiger partial charge is 0.222 e. The third-order valence-electron chi connectivity index (χ3n) is 3.24. The van der Waals surface area contributed by atoms with Crippen molar-refractivity contribution in [1.82, 2.24) is 5.32 Å². The summed E-state index contributed by atoms with van der Waals surface area (Å²) >= 11 is 0. The predicted octanol–water partition coefficient (Wildman–Crippen LogP) is 3.41. The molecular weight excluding hydrogens is 294 g/mol. The number of carbonyl (C=O) groups excluding carboxylic acids is 1. The number of nitrogens with one attached hydrogen (secondary N) is 1. The number of rotatable bonds is 15. The maximum atomic E-state index is 11.5. The molecule has 1 amide bonds. The van der Waals surface area contributed by atoms with Gasteiger partial charge in [-0.3, -0.25) is 4.79 Å². The normalized spacial score (nSPS) is 11.5. The molecule has 0 aromatic rings. The van der Waals surface area contributed by atoms with E-state index in [0.29, 0.717) is 39.6 Å². The molecule has 1 atom stereocenters. The molecule has 5 nitrogen and oxygen atoms in total. The van der Waals surface area contributed by atoms with Crippen LogP contribution in [0.3, 0.4) is 0 Å². The Morgan fingerprint density at radius 2 is 1.39 bits per heavy atom. The molecule has 1 N–H and O–H groups in total. The van der Waals surface area contributed by atoms with E-state index < -0.39 is 0 Å². The summed E-state index contributed by atoms with van der Waals surface area (Å²) in [5.41, 5.74) is 0. The number of unbranched alkanes of at least 4 members (excludes halogenated alkanes) is 2. The van der Waals surface area contributed by atoms with Crippen LogP contribution in [0.25, 0.3) is 0 Å². The number of carbonyl (C=O) groups is 1. The highest BCUT2D eigenvalue weighted by molar-refractivity contribution is 5.78. The van der Waals surface area contributed by atoms with Gasteiger partial charge in [-0.05, 0) is 12.8 Å². The third kappa shape index (κ3) is 19.3. The largest absolute Gasteiger partial charge is 0.379 e. The predicted molar refractivity (Wildman–Crippen MR) is 95.8 cm³/mol. The van der Waals surface area contributed by atoms with E-state index in [9.17, 15) is 4.79 Å². The number of amides is 1. The molecule has 23 heavy (non-hydrogen) atoms. The highest BCUT2D eigenvalue weighted by Gasteiger charge is 2.08. The van der Waals surface area contributed by atoms with Crippen molar-refractivity contribution in [3.05, 3.63) is 0 Å². The molecule has 0 saturated heterocycles. The second-order valence-electron chi connectivity index (χ2n) is 5.14. The Hall–Kier alpha value is -0.650. The molecule has 1 unspecified atom stereocenters. The van der Waals surface area contributed by atoms with Crippen molar-refractivity contribution in [1.29, 1.82) is 0 Å². The Labute approximate surface area is 143 Å². The molecule has 0 aliphatic carbocycles. The number of hydrogen-bond acceptors (Lipinski definition) is 4. The summed E-state index contributed by atoms with van der Waals surface area (Å²) < 4.78 is 16.2. The topological polar surface area (TPSA) is 56.8 Å². The van der Waals surface area contributed by atoms with Gasteiger partial charge in [0.15, 0.2) is 0 Å². The Morgan fingerprint density at radius 1 is 0.870 bits per heavy atom. The fourth-order valence-electron chi connectivity index (χ4n) is 1.60. The summed E-state index contributed by atoms with van der Waals surface area (Å²) in [7, 11) is 0. The highest BCUT2D eigenvalue weighted by Crippen LogP contribution is 1.98. The Morgan fingerprint density at radius 3 is 1.91 bits per heavy atom. The van der Waals surface area contributed by atoms with Crippen LogP contribution in [0, 0.1) is 5.92 Å². The molecule has 0 bridgehead atoms. The van der Waals surface area contributed by atoms with Gasteiger partial charge in [-0.2, -0.15) is 0 Å². The first-order chi connectivity index (χ1) is 11.2.